The van der Waals surface area contributed by atoms with E-state index in [-0.39, 0.29) is 34.4 Å². The normalized spacial score (nSPS) is 29.4. The highest BCUT2D eigenvalue weighted by Crippen LogP contribution is 2.52. The molecule has 2 aliphatic carbocycles. The Balaban J connectivity index is 1.68. The van der Waals surface area contributed by atoms with Crippen molar-refractivity contribution in [3.63, 3.8) is 0 Å². The van der Waals surface area contributed by atoms with E-state index in [9.17, 15) is 39.9 Å². The molecule has 1 fully saturated rings. The Labute approximate surface area is 242 Å². The van der Waals surface area contributed by atoms with Gasteiger partial charge in [0.1, 0.15) is 29.5 Å². The van der Waals surface area contributed by atoms with Crippen LogP contribution in [0.25, 0.3) is 0 Å². The van der Waals surface area contributed by atoms with E-state index in [4.69, 9.17) is 14.2 Å². The molecular formula is C27H28INO11. The molecule has 6 N–H and O–H groups in total. The number of aliphatic hydroxyl groups is 3. The van der Waals surface area contributed by atoms with Crippen molar-refractivity contribution in [1.29, 1.82) is 0 Å². The van der Waals surface area contributed by atoms with E-state index in [0.717, 1.165) is 0 Å². The largest absolute Gasteiger partial charge is 0.507 e. The van der Waals surface area contributed by atoms with Gasteiger partial charge < -0.3 is 39.7 Å². The standard InChI is InChI=1S/C27H28INO11/c1-10-22(32)13(29-28)6-17(39-10)40-15-8-27(37,16(31)9-30)7-12-19(15)26(36)21-20(24(12)34)23(33)11-4-3-5-14(38-2)18(11)25(21)35/h3-5,10,13,15,17,22,29-30,32,34,36-37H,6-9H2,1-2H3/t10?,13?,15-,17?,22?,27-/m0/s1. The maximum absolute atomic E-state index is 13.7. The van der Waals surface area contributed by atoms with Gasteiger partial charge in [-0.3, -0.25) is 17.9 Å². The summed E-state index contributed by atoms with van der Waals surface area (Å²) < 4.78 is 20.2. The number of ketones is 3. The molecule has 0 radical (unpaired) electrons. The number of methoxy groups -OCH3 is 1. The number of halogens is 1. The van der Waals surface area contributed by atoms with E-state index in [2.05, 4.69) is 3.53 Å². The maximum atomic E-state index is 13.7. The summed E-state index contributed by atoms with van der Waals surface area (Å²) in [5.41, 5.74) is -3.53. The highest BCUT2D eigenvalue weighted by Gasteiger charge is 2.50. The Morgan fingerprint density at radius 2 is 1.88 bits per heavy atom. The van der Waals surface area contributed by atoms with Gasteiger partial charge in [-0.05, 0) is 13.0 Å². The quantitative estimate of drug-likeness (QED) is 0.124. The molecule has 40 heavy (non-hydrogen) atoms. The van der Waals surface area contributed by atoms with Crippen molar-refractivity contribution >= 4 is 40.2 Å². The molecule has 0 bridgehead atoms. The zero-order valence-electron chi connectivity index (χ0n) is 21.5. The smallest absolute Gasteiger partial charge is 0.202 e. The van der Waals surface area contributed by atoms with Crippen LogP contribution in [-0.4, -0.2) is 86.7 Å². The third kappa shape index (κ3) is 4.40. The van der Waals surface area contributed by atoms with Crippen LogP contribution in [0.5, 0.6) is 17.2 Å². The first kappa shape index (κ1) is 28.9. The molecule has 0 saturated carbocycles. The van der Waals surface area contributed by atoms with Crippen LogP contribution in [0.3, 0.4) is 0 Å². The number of hydrogen-bond donors (Lipinski definition) is 6. The summed E-state index contributed by atoms with van der Waals surface area (Å²) in [4.78, 5) is 39.9. The Morgan fingerprint density at radius 3 is 2.52 bits per heavy atom. The number of aromatic hydroxyl groups is 2. The zero-order chi connectivity index (χ0) is 29.1. The Kier molecular flexibility index (Phi) is 7.67. The number of nitrogens with one attached hydrogen (secondary N) is 1. The van der Waals surface area contributed by atoms with Crippen LogP contribution in [0.4, 0.5) is 0 Å². The van der Waals surface area contributed by atoms with Gasteiger partial charge in [0.2, 0.25) is 5.78 Å². The number of fused-ring (bicyclic) bond motifs is 3. The van der Waals surface area contributed by atoms with Gasteiger partial charge in [-0.25, -0.2) is 0 Å². The molecule has 2 aromatic carbocycles. The van der Waals surface area contributed by atoms with Crippen LogP contribution in [-0.2, 0) is 20.7 Å². The second-order valence-corrected chi connectivity index (χ2v) is 10.8. The van der Waals surface area contributed by atoms with E-state index in [1.165, 1.54) is 25.3 Å². The fraction of sp³-hybridized carbons (Fsp3) is 0.444. The summed E-state index contributed by atoms with van der Waals surface area (Å²) in [5.74, 6) is -3.70. The molecule has 13 heteroatoms. The van der Waals surface area contributed by atoms with Gasteiger partial charge in [0.15, 0.2) is 17.9 Å². The molecule has 0 spiro atoms. The van der Waals surface area contributed by atoms with Gasteiger partial charge in [-0.15, -0.1) is 0 Å². The monoisotopic (exact) mass is 669 g/mol. The van der Waals surface area contributed by atoms with Crippen molar-refractivity contribution in [3.05, 3.63) is 51.6 Å². The lowest BCUT2D eigenvalue weighted by atomic mass is 9.72. The van der Waals surface area contributed by atoms with E-state index in [1.54, 1.807) is 6.92 Å². The van der Waals surface area contributed by atoms with E-state index in [0.29, 0.717) is 0 Å². The van der Waals surface area contributed by atoms with Crippen molar-refractivity contribution in [2.75, 3.05) is 13.7 Å². The zero-order valence-corrected chi connectivity index (χ0v) is 23.7. The number of ether oxygens (including phenoxy) is 3. The van der Waals surface area contributed by atoms with Crippen molar-refractivity contribution in [1.82, 2.24) is 3.53 Å². The van der Waals surface area contributed by atoms with Gasteiger partial charge in [0.05, 0.1) is 42.1 Å². The lowest BCUT2D eigenvalue weighted by molar-refractivity contribution is -0.248. The molecule has 4 unspecified atom stereocenters. The number of phenols is 2. The molecular weight excluding hydrogens is 641 g/mol. The number of carbonyl (C=O) groups is 3. The number of phenolic OH excluding ortho intramolecular Hbond substituents is 2. The first-order chi connectivity index (χ1) is 19.0. The van der Waals surface area contributed by atoms with Crippen molar-refractivity contribution in [2.45, 2.75) is 62.4 Å². The minimum Gasteiger partial charge on any atom is -0.507 e. The topological polar surface area (TPSA) is 192 Å². The summed E-state index contributed by atoms with van der Waals surface area (Å²) >= 11 is 1.89. The van der Waals surface area contributed by atoms with Crippen LogP contribution < -0.4 is 8.27 Å². The third-order valence-electron chi connectivity index (χ3n) is 7.90. The molecule has 12 nitrogen and oxygen atoms in total. The van der Waals surface area contributed by atoms with Crippen molar-refractivity contribution < 1.29 is 54.1 Å². The lowest BCUT2D eigenvalue weighted by Gasteiger charge is -2.42. The first-order valence-electron chi connectivity index (χ1n) is 12.6. The molecule has 1 saturated heterocycles. The summed E-state index contributed by atoms with van der Waals surface area (Å²) in [7, 11) is 1.33. The van der Waals surface area contributed by atoms with Crippen LogP contribution in [0.15, 0.2) is 18.2 Å². The Morgan fingerprint density at radius 1 is 1.18 bits per heavy atom. The van der Waals surface area contributed by atoms with Gasteiger partial charge >= 0.3 is 0 Å². The lowest BCUT2D eigenvalue weighted by Crippen LogP contribution is -2.52. The van der Waals surface area contributed by atoms with Gasteiger partial charge in [-0.2, -0.15) is 0 Å². The molecule has 6 atom stereocenters. The summed E-state index contributed by atoms with van der Waals surface area (Å²) in [6.45, 7) is 0.626. The molecule has 1 aliphatic heterocycles. The molecule has 2 aromatic rings. The highest BCUT2D eigenvalue weighted by molar-refractivity contribution is 14.1. The number of Topliss-reactive ketones (excluding diaryl/α,β-unsaturated/α-hetero) is 1. The van der Waals surface area contributed by atoms with Crippen LogP contribution in [0.2, 0.25) is 0 Å². The minimum absolute atomic E-state index is 0.0442. The van der Waals surface area contributed by atoms with Crippen molar-refractivity contribution in [2.24, 2.45) is 0 Å². The first-order valence-corrected chi connectivity index (χ1v) is 13.6. The average molecular weight is 669 g/mol. The molecule has 1 heterocycles. The minimum atomic E-state index is -2.23. The van der Waals surface area contributed by atoms with E-state index in [1.807, 2.05) is 22.9 Å². The predicted molar refractivity (Wildman–Crippen MR) is 145 cm³/mol. The predicted octanol–water partition coefficient (Wildman–Crippen LogP) is 0.982. The molecule has 0 aromatic heterocycles. The fourth-order valence-corrected chi connectivity index (χ4v) is 6.45. The van der Waals surface area contributed by atoms with E-state index >= 15 is 0 Å². The number of aliphatic hydroxyl groups excluding tert-OH is 2. The Bertz CT molecular complexity index is 1410. The average Bonchev–Trinajstić information content (AvgIpc) is 2.94. The van der Waals surface area contributed by atoms with Crippen LogP contribution in [0.1, 0.15) is 68.8 Å². The second kappa shape index (κ2) is 10.6. The molecule has 3 aliphatic rings. The molecule has 214 valence electrons. The fourth-order valence-electron chi connectivity index (χ4n) is 5.82. The summed E-state index contributed by atoms with van der Waals surface area (Å²) in [6.07, 6.45) is -4.69. The summed E-state index contributed by atoms with van der Waals surface area (Å²) in [6, 6.07) is 3.95. The number of benzene rings is 2. The second-order valence-electron chi connectivity index (χ2n) is 10.2. The van der Waals surface area contributed by atoms with Crippen molar-refractivity contribution in [3.8, 4) is 17.2 Å². The van der Waals surface area contributed by atoms with Gasteiger partial charge in [-0.1, -0.05) is 12.1 Å². The number of carbonyl (C=O) groups excluding carboxylic acids is 3. The number of rotatable bonds is 6. The van der Waals surface area contributed by atoms with Gasteiger partial charge in [0, 0.05) is 64.9 Å². The van der Waals surface area contributed by atoms with Gasteiger partial charge in [0.25, 0.3) is 0 Å². The number of hydrogen-bond acceptors (Lipinski definition) is 12. The summed E-state index contributed by atoms with van der Waals surface area (Å²) in [5, 5.41) is 54.1. The Hall–Kier alpha value is -2.66. The SMILES string of the molecule is COc1cccc2c1C(=O)c1c(O)c3c(c(O)c1C2=O)C[C@@](O)(C(=O)CO)C[C@@H]3OC1CC(NI)C(O)C(C)O1. The van der Waals surface area contributed by atoms with Crippen LogP contribution >= 0.6 is 22.9 Å². The third-order valence-corrected chi connectivity index (χ3v) is 8.70. The maximum Gasteiger partial charge on any atom is 0.202 e. The highest BCUT2D eigenvalue weighted by atomic mass is 127. The molecule has 0 amide bonds. The molecule has 5 rings (SSSR count). The van der Waals surface area contributed by atoms with Crippen LogP contribution in [0, 0.1) is 0 Å². The van der Waals surface area contributed by atoms with E-state index < -0.39 is 95.7 Å².